The first kappa shape index (κ1) is 22.0. The third kappa shape index (κ3) is 5.72. The summed E-state index contributed by atoms with van der Waals surface area (Å²) in [5, 5.41) is 1.80. The van der Waals surface area contributed by atoms with E-state index >= 15 is 0 Å². The smallest absolute Gasteiger partial charge is 0.410 e. The molecular formula is C18H28N2O5S. The van der Waals surface area contributed by atoms with Crippen molar-refractivity contribution in [2.45, 2.75) is 46.3 Å². The summed E-state index contributed by atoms with van der Waals surface area (Å²) in [7, 11) is 1.27. The Bertz CT molecular complexity index is 610. The fourth-order valence-corrected chi connectivity index (χ4v) is 3.08. The van der Waals surface area contributed by atoms with Crippen LogP contribution in [0.3, 0.4) is 0 Å². The molecule has 8 heteroatoms. The van der Waals surface area contributed by atoms with Gasteiger partial charge in [0, 0.05) is 13.1 Å². The number of hydrogen-bond donors (Lipinski definition) is 0. The Balaban J connectivity index is 0.00000163. The van der Waals surface area contributed by atoms with Crippen molar-refractivity contribution in [1.82, 2.24) is 9.80 Å². The van der Waals surface area contributed by atoms with Crippen LogP contribution in [0.25, 0.3) is 0 Å². The van der Waals surface area contributed by atoms with Gasteiger partial charge < -0.3 is 19.3 Å². The van der Waals surface area contributed by atoms with Gasteiger partial charge in [0.2, 0.25) is 0 Å². The van der Waals surface area contributed by atoms with Crippen molar-refractivity contribution in [3.05, 3.63) is 22.4 Å². The van der Waals surface area contributed by atoms with Gasteiger partial charge in [0.05, 0.1) is 18.5 Å². The van der Waals surface area contributed by atoms with Gasteiger partial charge in [0.15, 0.2) is 0 Å². The van der Waals surface area contributed by atoms with Crippen LogP contribution in [-0.2, 0) is 14.3 Å². The Kier molecular flexibility index (Phi) is 8.08. The summed E-state index contributed by atoms with van der Waals surface area (Å²) in [6, 6.07) is 2.65. The van der Waals surface area contributed by atoms with Gasteiger partial charge in [-0.2, -0.15) is 0 Å². The summed E-state index contributed by atoms with van der Waals surface area (Å²) in [6.07, 6.45) is -0.500. The molecule has 0 aliphatic carbocycles. The van der Waals surface area contributed by atoms with E-state index in [-0.39, 0.29) is 19.0 Å². The summed E-state index contributed by atoms with van der Waals surface area (Å²) >= 11 is 1.31. The zero-order chi connectivity index (χ0) is 19.9. The average molecular weight is 384 g/mol. The van der Waals surface area contributed by atoms with Gasteiger partial charge in [-0.25, -0.2) is 9.59 Å². The molecule has 1 aliphatic rings. The molecule has 0 aromatic carbocycles. The van der Waals surface area contributed by atoms with Gasteiger partial charge in [-0.3, -0.25) is 4.79 Å². The Hall–Kier alpha value is -2.09. The summed E-state index contributed by atoms with van der Waals surface area (Å²) < 4.78 is 10.1. The predicted molar refractivity (Wildman–Crippen MR) is 100 cm³/mol. The van der Waals surface area contributed by atoms with Crippen LogP contribution in [0.1, 0.15) is 44.3 Å². The van der Waals surface area contributed by atoms with Gasteiger partial charge >= 0.3 is 12.1 Å². The molecule has 2 amide bonds. The first-order chi connectivity index (χ1) is 12.2. The highest BCUT2D eigenvalue weighted by Crippen LogP contribution is 2.20. The van der Waals surface area contributed by atoms with Gasteiger partial charge in [0.1, 0.15) is 11.6 Å². The monoisotopic (exact) mass is 384 g/mol. The Labute approximate surface area is 158 Å². The highest BCUT2D eigenvalue weighted by Gasteiger charge is 2.39. The standard InChI is InChI=1S/C16H22N2O5S.C2H6/c1-16(2,3)23-15(21)17-7-8-18(11(10-17)14(20)22-4)13(19)12-6-5-9-24-12;1-2/h5-6,9,11H,7-8,10H2,1-4H3;1-2H3. The van der Waals surface area contributed by atoms with Crippen molar-refractivity contribution in [2.75, 3.05) is 26.7 Å². The number of hydrogen-bond acceptors (Lipinski definition) is 6. The second-order valence-corrected chi connectivity index (χ2v) is 7.39. The van der Waals surface area contributed by atoms with E-state index in [1.807, 2.05) is 13.8 Å². The number of methoxy groups -OCH3 is 1. The zero-order valence-corrected chi connectivity index (χ0v) is 17.1. The van der Waals surface area contributed by atoms with E-state index in [0.29, 0.717) is 11.4 Å². The van der Waals surface area contributed by atoms with E-state index in [9.17, 15) is 14.4 Å². The number of amides is 2. The van der Waals surface area contributed by atoms with Gasteiger partial charge in [0.25, 0.3) is 5.91 Å². The van der Waals surface area contributed by atoms with Crippen molar-refractivity contribution >= 4 is 29.3 Å². The number of rotatable bonds is 2. The molecule has 0 saturated carbocycles. The van der Waals surface area contributed by atoms with Crippen LogP contribution < -0.4 is 0 Å². The molecule has 0 N–H and O–H groups in total. The van der Waals surface area contributed by atoms with Gasteiger partial charge in [-0.15, -0.1) is 11.3 Å². The highest BCUT2D eigenvalue weighted by molar-refractivity contribution is 7.12. The number of thiophene rings is 1. The third-order valence-electron chi connectivity index (χ3n) is 3.50. The minimum absolute atomic E-state index is 0.0543. The molecule has 0 radical (unpaired) electrons. The maximum absolute atomic E-state index is 12.6. The van der Waals surface area contributed by atoms with Crippen LogP contribution in [0.5, 0.6) is 0 Å². The minimum atomic E-state index is -0.842. The topological polar surface area (TPSA) is 76.2 Å². The molecular weight excluding hydrogens is 356 g/mol. The van der Waals surface area contributed by atoms with E-state index in [4.69, 9.17) is 9.47 Å². The van der Waals surface area contributed by atoms with Crippen LogP contribution in [-0.4, -0.2) is 66.2 Å². The van der Waals surface area contributed by atoms with E-state index in [1.54, 1.807) is 38.3 Å². The lowest BCUT2D eigenvalue weighted by atomic mass is 10.1. The molecule has 1 atom stereocenters. The van der Waals surface area contributed by atoms with Crippen molar-refractivity contribution in [3.8, 4) is 0 Å². The highest BCUT2D eigenvalue weighted by atomic mass is 32.1. The molecule has 7 nitrogen and oxygen atoms in total. The first-order valence-corrected chi connectivity index (χ1v) is 9.51. The van der Waals surface area contributed by atoms with Crippen LogP contribution in [0.4, 0.5) is 4.79 Å². The molecule has 2 heterocycles. The zero-order valence-electron chi connectivity index (χ0n) is 16.3. The van der Waals surface area contributed by atoms with Gasteiger partial charge in [-0.1, -0.05) is 19.9 Å². The van der Waals surface area contributed by atoms with E-state index in [2.05, 4.69) is 0 Å². The van der Waals surface area contributed by atoms with Crippen molar-refractivity contribution in [3.63, 3.8) is 0 Å². The molecule has 1 aliphatic heterocycles. The van der Waals surface area contributed by atoms with Crippen LogP contribution in [0.2, 0.25) is 0 Å². The summed E-state index contributed by atoms with van der Waals surface area (Å²) in [5.74, 6) is -0.780. The SMILES string of the molecule is CC.COC(=O)C1CN(C(=O)OC(C)(C)C)CCN1C(=O)c1cccs1. The Morgan fingerprint density at radius 2 is 1.85 bits per heavy atom. The Morgan fingerprint density at radius 1 is 1.19 bits per heavy atom. The normalized spacial score (nSPS) is 17.1. The maximum Gasteiger partial charge on any atom is 0.410 e. The summed E-state index contributed by atoms with van der Waals surface area (Å²) in [5.41, 5.74) is -0.623. The summed E-state index contributed by atoms with van der Waals surface area (Å²) in [6.45, 7) is 9.94. The number of piperazine rings is 1. The molecule has 0 spiro atoms. The number of nitrogens with zero attached hydrogens (tertiary/aromatic N) is 2. The summed E-state index contributed by atoms with van der Waals surface area (Å²) in [4.78, 5) is 40.4. The van der Waals surface area contributed by atoms with E-state index in [0.717, 1.165) is 0 Å². The lowest BCUT2D eigenvalue weighted by Gasteiger charge is -2.39. The molecule has 1 aromatic heterocycles. The molecule has 26 heavy (non-hydrogen) atoms. The number of ether oxygens (including phenoxy) is 2. The van der Waals surface area contributed by atoms with Crippen molar-refractivity contribution in [1.29, 1.82) is 0 Å². The lowest BCUT2D eigenvalue weighted by Crippen LogP contribution is -2.60. The van der Waals surface area contributed by atoms with Crippen LogP contribution in [0.15, 0.2) is 17.5 Å². The molecule has 1 fully saturated rings. The number of carbonyl (C=O) groups is 3. The van der Waals surface area contributed by atoms with E-state index < -0.39 is 23.7 Å². The van der Waals surface area contributed by atoms with Gasteiger partial charge in [-0.05, 0) is 32.2 Å². The second kappa shape index (κ2) is 9.56. The fraction of sp³-hybridized carbons (Fsp3) is 0.611. The number of esters is 1. The van der Waals surface area contributed by atoms with E-state index in [1.165, 1.54) is 28.2 Å². The molecule has 1 unspecified atom stereocenters. The van der Waals surface area contributed by atoms with Crippen molar-refractivity contribution in [2.24, 2.45) is 0 Å². The van der Waals surface area contributed by atoms with Crippen LogP contribution >= 0.6 is 11.3 Å². The molecule has 1 saturated heterocycles. The third-order valence-corrected chi connectivity index (χ3v) is 4.36. The quantitative estimate of drug-likeness (QED) is 0.733. The lowest BCUT2D eigenvalue weighted by molar-refractivity contribution is -0.147. The fourth-order valence-electron chi connectivity index (χ4n) is 2.40. The van der Waals surface area contributed by atoms with Crippen molar-refractivity contribution < 1.29 is 23.9 Å². The largest absolute Gasteiger partial charge is 0.467 e. The first-order valence-electron chi connectivity index (χ1n) is 8.63. The average Bonchev–Trinajstić information content (AvgIpc) is 3.14. The predicted octanol–water partition coefficient (Wildman–Crippen LogP) is 3.01. The Morgan fingerprint density at radius 3 is 2.35 bits per heavy atom. The molecule has 2 rings (SSSR count). The maximum atomic E-state index is 12.6. The number of carbonyl (C=O) groups excluding carboxylic acids is 3. The van der Waals surface area contributed by atoms with Crippen LogP contribution in [0, 0.1) is 0 Å². The second-order valence-electron chi connectivity index (χ2n) is 6.44. The molecule has 1 aromatic rings. The molecule has 146 valence electrons. The minimum Gasteiger partial charge on any atom is -0.467 e. The molecule has 0 bridgehead atoms.